The minimum atomic E-state index is -1.14. The molecule has 0 bridgehead atoms. The molecule has 0 aromatic rings. The highest BCUT2D eigenvalue weighted by atomic mass is 16.2. The van der Waals surface area contributed by atoms with Gasteiger partial charge in [0, 0.05) is 0 Å². The minimum Gasteiger partial charge on any atom is -0.272 e. The Labute approximate surface area is 108 Å². The topological polar surface area (TPSA) is 175 Å². The van der Waals surface area contributed by atoms with Crippen LogP contribution in [0.2, 0.25) is 0 Å². The molecule has 0 atom stereocenters. The van der Waals surface area contributed by atoms with Crippen LogP contribution in [0.15, 0.2) is 10.2 Å². The van der Waals surface area contributed by atoms with Crippen LogP contribution in [-0.2, 0) is 19.2 Å². The van der Waals surface area contributed by atoms with E-state index >= 15 is 0 Å². The highest BCUT2D eigenvalue weighted by Crippen LogP contribution is 1.93. The number of imide groups is 4. The van der Waals surface area contributed by atoms with Gasteiger partial charge in [0.25, 0.3) is 23.6 Å². The van der Waals surface area contributed by atoms with Crippen LogP contribution in [0.4, 0.5) is 9.59 Å². The zero-order valence-corrected chi connectivity index (χ0v) is 9.34. The molecule has 0 unspecified atom stereocenters. The van der Waals surface area contributed by atoms with Crippen molar-refractivity contribution in [3.05, 3.63) is 0 Å². The summed E-state index contributed by atoms with van der Waals surface area (Å²) >= 11 is 0. The number of nitrogens with zero attached hydrogens (tertiary/aromatic N) is 2. The smallest absolute Gasteiger partial charge is 0.272 e. The number of hydrogen-bond donors (Lipinski definition) is 4. The molecule has 20 heavy (non-hydrogen) atoms. The van der Waals surface area contributed by atoms with E-state index in [1.807, 2.05) is 0 Å². The Bertz CT molecular complexity index is 546. The largest absolute Gasteiger partial charge is 0.328 e. The highest BCUT2D eigenvalue weighted by Gasteiger charge is 2.32. The van der Waals surface area contributed by atoms with Crippen LogP contribution in [0.1, 0.15) is 0 Å². The van der Waals surface area contributed by atoms with Crippen LogP contribution in [-0.4, -0.2) is 47.1 Å². The van der Waals surface area contributed by atoms with Crippen molar-refractivity contribution in [2.75, 3.05) is 0 Å². The lowest BCUT2D eigenvalue weighted by molar-refractivity contribution is -0.121. The molecule has 2 aliphatic heterocycles. The van der Waals surface area contributed by atoms with E-state index in [0.717, 1.165) is 0 Å². The quantitative estimate of drug-likeness (QED) is 0.362. The standard InChI is InChI=1S/C8H4N6O6/c15-3-1(4(16)10-7(19)9-3)13-14-2-5(17)11-8(20)12-6(2)18/h(H2,9,10,15,16,19)(H2,11,12,17,18,20). The number of carbonyl (C=O) groups excluding carboxylic acids is 6. The summed E-state index contributed by atoms with van der Waals surface area (Å²) < 4.78 is 0. The first-order valence-electron chi connectivity index (χ1n) is 4.87. The number of hydrogen-bond acceptors (Lipinski definition) is 8. The summed E-state index contributed by atoms with van der Waals surface area (Å²) in [5.41, 5.74) is -1.65. The Morgan fingerprint density at radius 1 is 0.500 bits per heavy atom. The second kappa shape index (κ2) is 4.68. The van der Waals surface area contributed by atoms with Gasteiger partial charge in [0.1, 0.15) is 0 Å². The van der Waals surface area contributed by atoms with Gasteiger partial charge in [0.2, 0.25) is 11.4 Å². The molecule has 12 heteroatoms. The van der Waals surface area contributed by atoms with E-state index in [1.165, 1.54) is 0 Å². The Morgan fingerprint density at radius 3 is 1.00 bits per heavy atom. The van der Waals surface area contributed by atoms with Crippen molar-refractivity contribution < 1.29 is 28.8 Å². The first-order chi connectivity index (χ1) is 9.38. The Kier molecular flexibility index (Phi) is 3.04. The van der Waals surface area contributed by atoms with Gasteiger partial charge in [-0.2, -0.15) is 0 Å². The van der Waals surface area contributed by atoms with Crippen LogP contribution < -0.4 is 21.3 Å². The van der Waals surface area contributed by atoms with Crippen LogP contribution >= 0.6 is 0 Å². The lowest BCUT2D eigenvalue weighted by Crippen LogP contribution is -2.57. The number of rotatable bonds is 1. The van der Waals surface area contributed by atoms with E-state index in [9.17, 15) is 28.8 Å². The van der Waals surface area contributed by atoms with Gasteiger partial charge in [-0.3, -0.25) is 40.4 Å². The van der Waals surface area contributed by atoms with Crippen LogP contribution in [0.3, 0.4) is 0 Å². The average molecular weight is 280 g/mol. The fraction of sp³-hybridized carbons (Fsp3) is 0. The summed E-state index contributed by atoms with van der Waals surface area (Å²) in [7, 11) is 0. The molecule has 0 radical (unpaired) electrons. The molecule has 8 amide bonds. The predicted molar refractivity (Wildman–Crippen MR) is 58.2 cm³/mol. The highest BCUT2D eigenvalue weighted by molar-refractivity contribution is 6.70. The maximum Gasteiger partial charge on any atom is 0.328 e. The van der Waals surface area contributed by atoms with Gasteiger partial charge in [-0.1, -0.05) is 0 Å². The molecule has 2 heterocycles. The summed E-state index contributed by atoms with van der Waals surface area (Å²) in [6, 6.07) is -2.07. The van der Waals surface area contributed by atoms with Crippen molar-refractivity contribution in [2.45, 2.75) is 0 Å². The van der Waals surface area contributed by atoms with Crippen LogP contribution in [0.5, 0.6) is 0 Å². The van der Waals surface area contributed by atoms with Gasteiger partial charge in [-0.25, -0.2) is 9.59 Å². The van der Waals surface area contributed by atoms with E-state index in [-0.39, 0.29) is 0 Å². The molecule has 0 spiro atoms. The zero-order chi connectivity index (χ0) is 14.9. The molecular weight excluding hydrogens is 276 g/mol. The number of nitrogens with one attached hydrogen (secondary N) is 4. The third-order valence-corrected chi connectivity index (χ3v) is 2.02. The summed E-state index contributed by atoms with van der Waals surface area (Å²) in [6.07, 6.45) is 0. The molecule has 0 aromatic heterocycles. The first-order valence-corrected chi connectivity index (χ1v) is 4.87. The zero-order valence-electron chi connectivity index (χ0n) is 9.34. The predicted octanol–water partition coefficient (Wildman–Crippen LogP) is -3.48. The number of carbonyl (C=O) groups is 6. The van der Waals surface area contributed by atoms with Crippen LogP contribution in [0, 0.1) is 0 Å². The molecular formula is C8H4N6O6. The summed E-state index contributed by atoms with van der Waals surface area (Å²) in [6.45, 7) is 0. The van der Waals surface area contributed by atoms with E-state index in [1.54, 1.807) is 21.3 Å². The van der Waals surface area contributed by atoms with Gasteiger partial charge >= 0.3 is 12.1 Å². The summed E-state index contributed by atoms with van der Waals surface area (Å²) in [5.74, 6) is -4.57. The molecule has 2 rings (SSSR count). The van der Waals surface area contributed by atoms with Crippen molar-refractivity contribution in [1.29, 1.82) is 0 Å². The van der Waals surface area contributed by atoms with E-state index in [2.05, 4.69) is 10.2 Å². The third kappa shape index (κ3) is 2.38. The number of barbiturate groups is 2. The molecule has 2 aliphatic rings. The molecule has 2 fully saturated rings. The van der Waals surface area contributed by atoms with Gasteiger partial charge in [0.15, 0.2) is 0 Å². The lowest BCUT2D eigenvalue weighted by Gasteiger charge is -2.13. The fourth-order valence-corrected chi connectivity index (χ4v) is 1.20. The van der Waals surface area contributed by atoms with E-state index in [0.29, 0.717) is 0 Å². The Balaban J connectivity index is 2.29. The Morgan fingerprint density at radius 2 is 0.750 bits per heavy atom. The number of urea groups is 2. The first kappa shape index (κ1) is 13.0. The molecule has 2 saturated heterocycles. The minimum absolute atomic E-state index is 0.824. The van der Waals surface area contributed by atoms with Crippen molar-refractivity contribution in [2.24, 2.45) is 10.2 Å². The lowest BCUT2D eigenvalue weighted by atomic mass is 10.3. The fourth-order valence-electron chi connectivity index (χ4n) is 1.20. The molecule has 0 aromatic carbocycles. The van der Waals surface area contributed by atoms with E-state index < -0.39 is 47.1 Å². The maximum absolute atomic E-state index is 11.3. The summed E-state index contributed by atoms with van der Waals surface area (Å²) in [4.78, 5) is 66.5. The van der Waals surface area contributed by atoms with Gasteiger partial charge < -0.3 is 0 Å². The van der Waals surface area contributed by atoms with Gasteiger partial charge in [0.05, 0.1) is 0 Å². The van der Waals surface area contributed by atoms with Gasteiger partial charge in [-0.05, 0) is 0 Å². The second-order valence-corrected chi connectivity index (χ2v) is 3.37. The number of amides is 8. The molecule has 4 N–H and O–H groups in total. The molecule has 0 aliphatic carbocycles. The van der Waals surface area contributed by atoms with Crippen molar-refractivity contribution in [1.82, 2.24) is 21.3 Å². The van der Waals surface area contributed by atoms with Crippen LogP contribution in [0.25, 0.3) is 0 Å². The third-order valence-electron chi connectivity index (χ3n) is 2.02. The second-order valence-electron chi connectivity index (χ2n) is 3.37. The Hall–Kier alpha value is -3.44. The molecule has 0 saturated carbocycles. The van der Waals surface area contributed by atoms with Gasteiger partial charge in [-0.15, -0.1) is 10.2 Å². The average Bonchev–Trinajstić information content (AvgIpc) is 2.30. The van der Waals surface area contributed by atoms with Crippen molar-refractivity contribution in [3.8, 4) is 0 Å². The monoisotopic (exact) mass is 280 g/mol. The molecule has 102 valence electrons. The van der Waals surface area contributed by atoms with E-state index in [4.69, 9.17) is 0 Å². The molecule has 12 nitrogen and oxygen atoms in total. The normalized spacial score (nSPS) is 19.0. The van der Waals surface area contributed by atoms with Crippen molar-refractivity contribution in [3.63, 3.8) is 0 Å². The SMILES string of the molecule is O=C1NC(=O)C(=NN=C2C(=O)NC(=O)NC2=O)C(=O)N1. The maximum atomic E-state index is 11.3. The summed E-state index contributed by atoms with van der Waals surface area (Å²) in [5, 5.41) is 13.1. The van der Waals surface area contributed by atoms with Crippen molar-refractivity contribution >= 4 is 47.1 Å².